The largest absolute Gasteiger partial charge is 0.469 e. The van der Waals surface area contributed by atoms with Gasteiger partial charge in [-0.25, -0.2) is 0 Å². The molecule has 15 heavy (non-hydrogen) atoms. The Balaban J connectivity index is 2.63. The maximum absolute atomic E-state index is 10.9. The number of halogens is 2. The van der Waals surface area contributed by atoms with Crippen LogP contribution in [0.15, 0.2) is 18.2 Å². The maximum Gasteiger partial charge on any atom is 0.305 e. The van der Waals surface area contributed by atoms with Crippen molar-refractivity contribution < 1.29 is 9.53 Å². The molecule has 0 bridgehead atoms. The first kappa shape index (κ1) is 12.3. The third kappa shape index (κ3) is 3.73. The highest BCUT2D eigenvalue weighted by molar-refractivity contribution is 6.32. The Hall–Kier alpha value is -0.730. The van der Waals surface area contributed by atoms with Gasteiger partial charge in [0.15, 0.2) is 0 Å². The minimum absolute atomic E-state index is 0.215. The highest BCUT2D eigenvalue weighted by atomic mass is 35.5. The number of aryl methyl sites for hydroxylation is 1. The van der Waals surface area contributed by atoms with Crippen molar-refractivity contribution in [1.82, 2.24) is 0 Å². The van der Waals surface area contributed by atoms with Crippen molar-refractivity contribution in [2.45, 2.75) is 18.7 Å². The zero-order valence-corrected chi connectivity index (χ0v) is 9.94. The fourth-order valence-corrected chi connectivity index (χ4v) is 1.77. The van der Waals surface area contributed by atoms with Crippen LogP contribution in [0, 0.1) is 0 Å². The summed E-state index contributed by atoms with van der Waals surface area (Å²) >= 11 is 11.7. The van der Waals surface area contributed by atoms with Crippen molar-refractivity contribution in [2.75, 3.05) is 7.11 Å². The van der Waals surface area contributed by atoms with Crippen molar-refractivity contribution >= 4 is 29.2 Å². The molecule has 0 unspecified atom stereocenters. The summed E-state index contributed by atoms with van der Waals surface area (Å²) in [5.41, 5.74) is 1.92. The van der Waals surface area contributed by atoms with Gasteiger partial charge >= 0.3 is 5.97 Å². The number of methoxy groups -OCH3 is 1. The molecule has 0 atom stereocenters. The normalized spacial score (nSPS) is 10.1. The summed E-state index contributed by atoms with van der Waals surface area (Å²) in [5.74, 6) is 0.184. The highest BCUT2D eigenvalue weighted by Crippen LogP contribution is 2.20. The van der Waals surface area contributed by atoms with E-state index in [1.807, 2.05) is 18.2 Å². The second kappa shape index (κ2) is 5.99. The molecule has 0 heterocycles. The molecule has 0 aliphatic rings. The molecule has 0 saturated heterocycles. The van der Waals surface area contributed by atoms with Gasteiger partial charge in [0.05, 0.1) is 7.11 Å². The van der Waals surface area contributed by atoms with Crippen LogP contribution in [-0.2, 0) is 21.8 Å². The summed E-state index contributed by atoms with van der Waals surface area (Å²) in [7, 11) is 1.38. The van der Waals surface area contributed by atoms with E-state index in [1.54, 1.807) is 0 Å². The molecule has 1 aromatic carbocycles. The molecule has 0 saturated carbocycles. The number of ether oxygens (including phenoxy) is 1. The molecule has 0 aliphatic heterocycles. The van der Waals surface area contributed by atoms with Crippen molar-refractivity contribution in [1.29, 1.82) is 0 Å². The lowest BCUT2D eigenvalue weighted by Crippen LogP contribution is -2.01. The number of hydrogen-bond acceptors (Lipinski definition) is 2. The molecule has 0 fully saturated rings. The van der Waals surface area contributed by atoms with Gasteiger partial charge in [0.25, 0.3) is 0 Å². The fraction of sp³-hybridized carbons (Fsp3) is 0.364. The van der Waals surface area contributed by atoms with E-state index in [9.17, 15) is 4.79 Å². The molecule has 4 heteroatoms. The van der Waals surface area contributed by atoms with Crippen LogP contribution in [0.2, 0.25) is 5.02 Å². The minimum atomic E-state index is -0.215. The Morgan fingerprint density at radius 1 is 1.47 bits per heavy atom. The van der Waals surface area contributed by atoms with Crippen LogP contribution in [0.25, 0.3) is 0 Å². The fourth-order valence-electron chi connectivity index (χ4n) is 1.20. The van der Waals surface area contributed by atoms with Crippen molar-refractivity contribution in [3.8, 4) is 0 Å². The summed E-state index contributed by atoms with van der Waals surface area (Å²) in [6.45, 7) is 0. The average molecular weight is 247 g/mol. The average Bonchev–Trinajstić information content (AvgIpc) is 2.26. The minimum Gasteiger partial charge on any atom is -0.469 e. The van der Waals surface area contributed by atoms with E-state index in [0.29, 0.717) is 23.7 Å². The Bertz CT molecular complexity index is 350. The Kier molecular flexibility index (Phi) is 4.92. The lowest BCUT2D eigenvalue weighted by Gasteiger charge is -2.04. The third-order valence-electron chi connectivity index (χ3n) is 2.11. The third-order valence-corrected chi connectivity index (χ3v) is 2.75. The summed E-state index contributed by atoms with van der Waals surface area (Å²) in [6.07, 6.45) is 1.00. The molecule has 2 nitrogen and oxygen atoms in total. The zero-order chi connectivity index (χ0) is 11.3. The summed E-state index contributed by atoms with van der Waals surface area (Å²) in [6, 6.07) is 5.64. The molecule has 0 N–H and O–H groups in total. The molecular weight excluding hydrogens is 235 g/mol. The number of carbonyl (C=O) groups excluding carboxylic acids is 1. The Labute approximate surface area is 99.1 Å². The predicted molar refractivity (Wildman–Crippen MR) is 61.3 cm³/mol. The van der Waals surface area contributed by atoms with Gasteiger partial charge in [0.2, 0.25) is 0 Å². The van der Waals surface area contributed by atoms with E-state index < -0.39 is 0 Å². The second-order valence-corrected chi connectivity index (χ2v) is 3.81. The monoisotopic (exact) mass is 246 g/mol. The van der Waals surface area contributed by atoms with E-state index in [2.05, 4.69) is 4.74 Å². The standard InChI is InChI=1S/C11H12Cl2O2/c1-15-11(14)5-3-8-2-4-9(7-12)10(13)6-8/h2,4,6H,3,5,7H2,1H3. The number of carbonyl (C=O) groups is 1. The van der Waals surface area contributed by atoms with E-state index in [4.69, 9.17) is 23.2 Å². The number of alkyl halides is 1. The molecule has 0 aliphatic carbocycles. The highest BCUT2D eigenvalue weighted by Gasteiger charge is 2.04. The van der Waals surface area contributed by atoms with Gasteiger partial charge in [-0.3, -0.25) is 4.79 Å². The topological polar surface area (TPSA) is 26.3 Å². The van der Waals surface area contributed by atoms with E-state index in [-0.39, 0.29) is 5.97 Å². The van der Waals surface area contributed by atoms with Gasteiger partial charge in [0, 0.05) is 17.3 Å². The van der Waals surface area contributed by atoms with E-state index >= 15 is 0 Å². The van der Waals surface area contributed by atoms with Gasteiger partial charge in [-0.05, 0) is 23.6 Å². The molecule has 0 amide bonds. The molecular formula is C11H12Cl2O2. The van der Waals surface area contributed by atoms with Gasteiger partial charge in [-0.15, -0.1) is 11.6 Å². The van der Waals surface area contributed by atoms with Crippen molar-refractivity contribution in [3.05, 3.63) is 34.3 Å². The van der Waals surface area contributed by atoms with Crippen LogP contribution in [-0.4, -0.2) is 13.1 Å². The second-order valence-electron chi connectivity index (χ2n) is 3.14. The van der Waals surface area contributed by atoms with Gasteiger partial charge in [0.1, 0.15) is 0 Å². The Morgan fingerprint density at radius 3 is 2.73 bits per heavy atom. The van der Waals surface area contributed by atoms with Crippen LogP contribution >= 0.6 is 23.2 Å². The number of esters is 1. The Morgan fingerprint density at radius 2 is 2.20 bits per heavy atom. The van der Waals surface area contributed by atoms with Crippen LogP contribution in [0.5, 0.6) is 0 Å². The summed E-state index contributed by atoms with van der Waals surface area (Å²) in [5, 5.41) is 0.646. The van der Waals surface area contributed by atoms with Crippen LogP contribution in [0.4, 0.5) is 0 Å². The molecule has 1 rings (SSSR count). The lowest BCUT2D eigenvalue weighted by atomic mass is 10.1. The van der Waals surface area contributed by atoms with Gasteiger partial charge in [-0.1, -0.05) is 23.7 Å². The summed E-state index contributed by atoms with van der Waals surface area (Å²) in [4.78, 5) is 10.9. The van der Waals surface area contributed by atoms with Crippen LogP contribution in [0.1, 0.15) is 17.5 Å². The number of rotatable bonds is 4. The van der Waals surface area contributed by atoms with Crippen LogP contribution in [0.3, 0.4) is 0 Å². The maximum atomic E-state index is 10.9. The van der Waals surface area contributed by atoms with Crippen molar-refractivity contribution in [3.63, 3.8) is 0 Å². The lowest BCUT2D eigenvalue weighted by molar-refractivity contribution is -0.140. The molecule has 0 spiro atoms. The van der Waals surface area contributed by atoms with Gasteiger partial charge in [-0.2, -0.15) is 0 Å². The SMILES string of the molecule is COC(=O)CCc1ccc(CCl)c(Cl)c1. The van der Waals surface area contributed by atoms with Crippen molar-refractivity contribution in [2.24, 2.45) is 0 Å². The molecule has 1 aromatic rings. The van der Waals surface area contributed by atoms with E-state index in [0.717, 1.165) is 11.1 Å². The first-order chi connectivity index (χ1) is 7.17. The van der Waals surface area contributed by atoms with Gasteiger partial charge < -0.3 is 4.74 Å². The predicted octanol–water partition coefficient (Wildman–Crippen LogP) is 3.18. The summed E-state index contributed by atoms with van der Waals surface area (Å²) < 4.78 is 4.55. The number of hydrogen-bond donors (Lipinski definition) is 0. The first-order valence-corrected chi connectivity index (χ1v) is 5.48. The van der Waals surface area contributed by atoms with Crippen LogP contribution < -0.4 is 0 Å². The quantitative estimate of drug-likeness (QED) is 0.603. The molecule has 0 aromatic heterocycles. The zero-order valence-electron chi connectivity index (χ0n) is 8.43. The van der Waals surface area contributed by atoms with E-state index in [1.165, 1.54) is 7.11 Å². The number of benzene rings is 1. The molecule has 82 valence electrons. The first-order valence-electron chi connectivity index (χ1n) is 4.57. The molecule has 0 radical (unpaired) electrons. The smallest absolute Gasteiger partial charge is 0.305 e.